The molecule has 0 aliphatic carbocycles. The molecule has 0 radical (unpaired) electrons. The van der Waals surface area contributed by atoms with E-state index in [1.807, 2.05) is 39.9 Å². The Hall–Kier alpha value is -3.97. The van der Waals surface area contributed by atoms with Crippen LogP contribution in [0.15, 0.2) is 42.7 Å². The van der Waals surface area contributed by atoms with Gasteiger partial charge < -0.3 is 20.2 Å². The first kappa shape index (κ1) is 29.0. The Morgan fingerprint density at radius 3 is 2.42 bits per heavy atom. The Morgan fingerprint density at radius 1 is 1.07 bits per heavy atom. The average molecular weight is 561 g/mol. The van der Waals surface area contributed by atoms with Gasteiger partial charge >= 0.3 is 6.18 Å². The topological polar surface area (TPSA) is 87.3 Å². The molecule has 214 valence electrons. The number of halogens is 4. The molecule has 1 unspecified atom stereocenters. The molecule has 0 bridgehead atoms. The van der Waals surface area contributed by atoms with Gasteiger partial charge in [-0.15, -0.1) is 5.10 Å². The molecule has 0 saturated heterocycles. The van der Waals surface area contributed by atoms with E-state index in [0.29, 0.717) is 29.7 Å². The Morgan fingerprint density at radius 2 is 1.80 bits per heavy atom. The Labute approximate surface area is 229 Å². The zero-order chi connectivity index (χ0) is 29.4. The highest BCUT2D eigenvalue weighted by atomic mass is 19.4. The van der Waals surface area contributed by atoms with Crippen LogP contribution in [0.5, 0.6) is 0 Å². The van der Waals surface area contributed by atoms with E-state index in [-0.39, 0.29) is 17.8 Å². The summed E-state index contributed by atoms with van der Waals surface area (Å²) >= 11 is 0. The van der Waals surface area contributed by atoms with Crippen molar-refractivity contribution in [2.45, 2.75) is 26.3 Å². The smallest absolute Gasteiger partial charge is 0.371 e. The van der Waals surface area contributed by atoms with E-state index in [0.717, 1.165) is 16.8 Å². The van der Waals surface area contributed by atoms with Crippen LogP contribution in [-0.4, -0.2) is 69.0 Å². The lowest BCUT2D eigenvalue weighted by Crippen LogP contribution is -2.30. The van der Waals surface area contributed by atoms with Gasteiger partial charge in [-0.1, -0.05) is 11.3 Å². The fourth-order valence-corrected chi connectivity index (χ4v) is 4.19. The lowest BCUT2D eigenvalue weighted by molar-refractivity contribution is -0.140. The van der Waals surface area contributed by atoms with Crippen LogP contribution in [0.4, 0.5) is 28.9 Å². The van der Waals surface area contributed by atoms with E-state index in [2.05, 4.69) is 20.7 Å². The molecular weight excluding hydrogens is 528 g/mol. The molecule has 0 aliphatic rings. The van der Waals surface area contributed by atoms with Gasteiger partial charge in [-0.2, -0.15) is 18.3 Å². The zero-order valence-electron chi connectivity index (χ0n) is 23.1. The summed E-state index contributed by atoms with van der Waals surface area (Å²) in [7, 11) is 6.96. The molecule has 13 heteroatoms. The van der Waals surface area contributed by atoms with Crippen molar-refractivity contribution in [2.24, 2.45) is 7.05 Å². The molecule has 1 atom stereocenters. The van der Waals surface area contributed by atoms with E-state index >= 15 is 0 Å². The van der Waals surface area contributed by atoms with Crippen LogP contribution in [-0.2, 0) is 13.2 Å². The molecule has 9 nitrogen and oxygen atoms in total. The maximum absolute atomic E-state index is 15.0. The van der Waals surface area contributed by atoms with Crippen LogP contribution in [0.25, 0.3) is 16.9 Å². The van der Waals surface area contributed by atoms with E-state index in [9.17, 15) is 22.7 Å². The first-order valence-corrected chi connectivity index (χ1v) is 12.5. The monoisotopic (exact) mass is 560 g/mol. The summed E-state index contributed by atoms with van der Waals surface area (Å²) in [6.07, 6.45) is -3.04. The number of hydrogen-bond donors (Lipinski definition) is 2. The van der Waals surface area contributed by atoms with Crippen molar-refractivity contribution in [1.82, 2.24) is 29.7 Å². The van der Waals surface area contributed by atoms with E-state index in [1.165, 1.54) is 18.0 Å². The predicted octanol–water partition coefficient (Wildman–Crippen LogP) is 4.54. The molecule has 0 spiro atoms. The predicted molar refractivity (Wildman–Crippen MR) is 145 cm³/mol. The van der Waals surface area contributed by atoms with Gasteiger partial charge in [0.2, 0.25) is 0 Å². The summed E-state index contributed by atoms with van der Waals surface area (Å²) in [6.45, 7) is 4.58. The van der Waals surface area contributed by atoms with Crippen LogP contribution in [0.1, 0.15) is 28.6 Å². The fourth-order valence-electron chi connectivity index (χ4n) is 4.19. The Kier molecular flexibility index (Phi) is 8.17. The van der Waals surface area contributed by atoms with Gasteiger partial charge in [0, 0.05) is 49.7 Å². The van der Waals surface area contributed by atoms with E-state index in [4.69, 9.17) is 0 Å². The number of likely N-dealkylation sites (N-methyl/N-ethyl adjacent to an activating group) is 2. The highest BCUT2D eigenvalue weighted by Crippen LogP contribution is 2.38. The van der Waals surface area contributed by atoms with E-state index in [1.54, 1.807) is 40.0 Å². The summed E-state index contributed by atoms with van der Waals surface area (Å²) in [5, 5.41) is 26.5. The quantitative estimate of drug-likeness (QED) is 0.230. The van der Waals surface area contributed by atoms with Crippen molar-refractivity contribution in [2.75, 3.05) is 44.4 Å². The van der Waals surface area contributed by atoms with Crippen LogP contribution >= 0.6 is 0 Å². The number of rotatable bonds is 9. The lowest BCUT2D eigenvalue weighted by Gasteiger charge is -2.25. The molecular formula is C27H32F4N8O. The lowest BCUT2D eigenvalue weighted by atomic mass is 10.1. The van der Waals surface area contributed by atoms with Gasteiger partial charge in [-0.25, -0.2) is 9.07 Å². The number of benzene rings is 2. The number of nitrogens with zero attached hydrogens (tertiary/aromatic N) is 7. The maximum Gasteiger partial charge on any atom is 0.419 e. The SMILES string of the molecule is Cc1ccc(NC(O)c2cc(N(C)CCN(C)C)c(F)c(C(F)(F)F)c2)cc1-n1cc(-c2cnn(C)c2C)nn1. The first-order chi connectivity index (χ1) is 18.8. The van der Waals surface area contributed by atoms with Crippen molar-refractivity contribution in [3.05, 3.63) is 70.9 Å². The minimum atomic E-state index is -4.94. The maximum atomic E-state index is 15.0. The van der Waals surface area contributed by atoms with Crippen LogP contribution in [0.3, 0.4) is 0 Å². The number of hydrogen-bond acceptors (Lipinski definition) is 7. The van der Waals surface area contributed by atoms with Crippen molar-refractivity contribution >= 4 is 11.4 Å². The van der Waals surface area contributed by atoms with Gasteiger partial charge in [0.05, 0.1) is 29.3 Å². The molecule has 2 aromatic carbocycles. The molecule has 2 heterocycles. The number of aryl methyl sites for hydroxylation is 2. The second-order valence-electron chi connectivity index (χ2n) is 9.99. The Balaban J connectivity index is 1.64. The highest BCUT2D eigenvalue weighted by Gasteiger charge is 2.37. The third kappa shape index (κ3) is 6.10. The van der Waals surface area contributed by atoms with Crippen LogP contribution in [0.2, 0.25) is 0 Å². The van der Waals surface area contributed by atoms with Crippen LogP contribution < -0.4 is 10.2 Å². The number of nitrogens with one attached hydrogen (secondary N) is 1. The molecule has 4 aromatic rings. The number of alkyl halides is 3. The fraction of sp³-hybridized carbons (Fsp3) is 0.370. The summed E-state index contributed by atoms with van der Waals surface area (Å²) in [5.41, 5.74) is 2.48. The second-order valence-corrected chi connectivity index (χ2v) is 9.99. The number of anilines is 2. The first-order valence-electron chi connectivity index (χ1n) is 12.5. The molecule has 0 fully saturated rings. The number of aliphatic hydroxyl groups is 1. The number of aliphatic hydroxyl groups excluding tert-OH is 1. The minimum Gasteiger partial charge on any atom is -0.371 e. The second kappa shape index (κ2) is 11.3. The van der Waals surface area contributed by atoms with Gasteiger partial charge in [-0.05, 0) is 57.8 Å². The van der Waals surface area contributed by atoms with Crippen molar-refractivity contribution in [3.8, 4) is 16.9 Å². The summed E-state index contributed by atoms with van der Waals surface area (Å²) in [5.74, 6) is -1.38. The largest absolute Gasteiger partial charge is 0.419 e. The van der Waals surface area contributed by atoms with Crippen LogP contribution in [0, 0.1) is 19.7 Å². The third-order valence-electron chi connectivity index (χ3n) is 6.75. The summed E-state index contributed by atoms with van der Waals surface area (Å²) in [6, 6.07) is 7.03. The Bertz CT molecular complexity index is 1490. The van der Waals surface area contributed by atoms with Gasteiger partial charge in [0.25, 0.3) is 0 Å². The summed E-state index contributed by atoms with van der Waals surface area (Å²) < 4.78 is 59.4. The highest BCUT2D eigenvalue weighted by molar-refractivity contribution is 5.62. The van der Waals surface area contributed by atoms with Gasteiger partial charge in [0.15, 0.2) is 12.0 Å². The summed E-state index contributed by atoms with van der Waals surface area (Å²) in [4.78, 5) is 3.24. The third-order valence-corrected chi connectivity index (χ3v) is 6.75. The number of aromatic nitrogens is 5. The van der Waals surface area contributed by atoms with E-state index < -0.39 is 23.8 Å². The molecule has 0 aliphatic heterocycles. The van der Waals surface area contributed by atoms with Crippen molar-refractivity contribution in [3.63, 3.8) is 0 Å². The average Bonchev–Trinajstić information content (AvgIpc) is 3.49. The van der Waals surface area contributed by atoms with Gasteiger partial charge in [-0.3, -0.25) is 4.68 Å². The standard InChI is InChI=1S/C27H32F4N8O/c1-16-7-8-19(13-23(16)39-15-22(34-35-39)20-14-32-38(6)17(20)2)33-26(40)18-11-21(27(29,30)31)25(28)24(12-18)37(5)10-9-36(3)4/h7-8,11-15,26,33,40H,9-10H2,1-6H3. The van der Waals surface area contributed by atoms with Gasteiger partial charge in [0.1, 0.15) is 5.69 Å². The molecule has 4 rings (SSSR count). The molecule has 2 N–H and O–H groups in total. The van der Waals surface area contributed by atoms with Crippen molar-refractivity contribution in [1.29, 1.82) is 0 Å². The molecule has 0 saturated carbocycles. The molecule has 2 aromatic heterocycles. The minimum absolute atomic E-state index is 0.127. The zero-order valence-corrected chi connectivity index (χ0v) is 23.1. The molecule has 0 amide bonds. The molecule has 40 heavy (non-hydrogen) atoms. The normalized spacial score (nSPS) is 12.7. The van der Waals surface area contributed by atoms with Crippen molar-refractivity contribution < 1.29 is 22.7 Å².